The van der Waals surface area contributed by atoms with Crippen molar-refractivity contribution in [1.29, 1.82) is 0 Å². The molecule has 0 heterocycles. The highest BCUT2D eigenvalue weighted by Gasteiger charge is 2.52. The molecule has 2 N–H and O–H groups in total. The van der Waals surface area contributed by atoms with E-state index >= 15 is 0 Å². The van der Waals surface area contributed by atoms with Gasteiger partial charge in [0.05, 0.1) is 10.4 Å². The monoisotopic (exact) mass is 203 g/mol. The summed E-state index contributed by atoms with van der Waals surface area (Å²) in [6.45, 7) is 0. The lowest BCUT2D eigenvalue weighted by Crippen LogP contribution is -2.62. The van der Waals surface area contributed by atoms with E-state index in [9.17, 15) is 5.21 Å². The fourth-order valence-electron chi connectivity index (χ4n) is 3.05. The van der Waals surface area contributed by atoms with E-state index < -0.39 is 0 Å². The summed E-state index contributed by atoms with van der Waals surface area (Å²) in [4.78, 5) is -0.168. The summed E-state index contributed by atoms with van der Waals surface area (Å²) in [7, 11) is 0. The molecule has 2 nitrogen and oxygen atoms in total. The number of hydrogen-bond acceptors (Lipinski definition) is 2. The standard InChI is InChI=1S/C10H18ClNO/c11-9-5-1-3-7-10(9,12-13)8-4-2-6-9/h12-13H,1-8H2. The molecule has 2 saturated carbocycles. The Morgan fingerprint density at radius 2 is 1.38 bits per heavy atom. The van der Waals surface area contributed by atoms with E-state index in [2.05, 4.69) is 5.48 Å². The average Bonchev–Trinajstić information content (AvgIpc) is 2.17. The smallest absolute Gasteiger partial charge is 0.0650 e. The number of hydrogen-bond donors (Lipinski definition) is 2. The molecular weight excluding hydrogens is 186 g/mol. The van der Waals surface area contributed by atoms with Crippen LogP contribution in [0.1, 0.15) is 51.4 Å². The highest BCUT2D eigenvalue weighted by Crippen LogP contribution is 2.50. The first-order chi connectivity index (χ1) is 6.22. The van der Waals surface area contributed by atoms with Crippen molar-refractivity contribution in [3.8, 4) is 0 Å². The lowest BCUT2D eigenvalue weighted by molar-refractivity contribution is -0.0122. The Kier molecular flexibility index (Phi) is 2.56. The summed E-state index contributed by atoms with van der Waals surface area (Å²) in [5.41, 5.74) is 2.35. The maximum atomic E-state index is 9.31. The molecular formula is C10H18ClNO. The van der Waals surface area contributed by atoms with Gasteiger partial charge in [-0.25, -0.2) is 0 Å². The SMILES string of the molecule is ONC12CCCCC1(Cl)CCCC2. The van der Waals surface area contributed by atoms with E-state index in [1.165, 1.54) is 25.7 Å². The predicted octanol–water partition coefficient (Wildman–Crippen LogP) is 2.83. The van der Waals surface area contributed by atoms with Crippen molar-refractivity contribution in [2.24, 2.45) is 0 Å². The fourth-order valence-corrected chi connectivity index (χ4v) is 3.55. The molecule has 2 fully saturated rings. The van der Waals surface area contributed by atoms with E-state index in [0.29, 0.717) is 0 Å². The molecule has 2 rings (SSSR count). The zero-order valence-corrected chi connectivity index (χ0v) is 8.74. The summed E-state index contributed by atoms with van der Waals surface area (Å²) in [5.74, 6) is 0. The van der Waals surface area contributed by atoms with E-state index in [4.69, 9.17) is 11.6 Å². The van der Waals surface area contributed by atoms with Gasteiger partial charge < -0.3 is 5.21 Å². The summed E-state index contributed by atoms with van der Waals surface area (Å²) in [6.07, 6.45) is 9.01. The van der Waals surface area contributed by atoms with Crippen LogP contribution in [0.4, 0.5) is 0 Å². The van der Waals surface area contributed by atoms with Gasteiger partial charge in [0.25, 0.3) is 0 Å². The van der Waals surface area contributed by atoms with Crippen LogP contribution in [0.5, 0.6) is 0 Å². The van der Waals surface area contributed by atoms with Crippen LogP contribution in [-0.2, 0) is 0 Å². The van der Waals surface area contributed by atoms with Gasteiger partial charge in [0, 0.05) is 0 Å². The molecule has 2 aliphatic carbocycles. The molecule has 0 unspecified atom stereocenters. The molecule has 0 aliphatic heterocycles. The van der Waals surface area contributed by atoms with Gasteiger partial charge in [0.15, 0.2) is 0 Å². The number of halogens is 1. The largest absolute Gasteiger partial charge is 0.316 e. The number of fused-ring (bicyclic) bond motifs is 1. The molecule has 0 aromatic carbocycles. The Balaban J connectivity index is 2.23. The summed E-state index contributed by atoms with van der Waals surface area (Å²) < 4.78 is 0. The third-order valence-corrected chi connectivity index (χ3v) is 4.66. The van der Waals surface area contributed by atoms with E-state index in [0.717, 1.165) is 25.7 Å². The highest BCUT2D eigenvalue weighted by atomic mass is 35.5. The maximum Gasteiger partial charge on any atom is 0.0650 e. The first-order valence-corrected chi connectivity index (χ1v) is 5.70. The molecule has 76 valence electrons. The molecule has 0 atom stereocenters. The van der Waals surface area contributed by atoms with Gasteiger partial charge in [-0.05, 0) is 25.7 Å². The minimum absolute atomic E-state index is 0.168. The van der Waals surface area contributed by atoms with Gasteiger partial charge in [-0.2, -0.15) is 5.48 Å². The van der Waals surface area contributed by atoms with Gasteiger partial charge in [-0.1, -0.05) is 25.7 Å². The van der Waals surface area contributed by atoms with Crippen LogP contribution in [0.15, 0.2) is 0 Å². The Morgan fingerprint density at radius 3 is 1.77 bits per heavy atom. The number of rotatable bonds is 1. The van der Waals surface area contributed by atoms with Crippen LogP contribution in [0.25, 0.3) is 0 Å². The zero-order chi connectivity index (χ0) is 9.36. The number of alkyl halides is 1. The number of nitrogens with one attached hydrogen (secondary N) is 1. The minimum Gasteiger partial charge on any atom is -0.316 e. The second-order valence-corrected chi connectivity index (χ2v) is 5.30. The second-order valence-electron chi connectivity index (χ2n) is 4.57. The average molecular weight is 204 g/mol. The van der Waals surface area contributed by atoms with Crippen LogP contribution in [0.2, 0.25) is 0 Å². The van der Waals surface area contributed by atoms with Gasteiger partial charge in [0.2, 0.25) is 0 Å². The Hall–Kier alpha value is 0.210. The summed E-state index contributed by atoms with van der Waals surface area (Å²) in [6, 6.07) is 0. The molecule has 0 spiro atoms. The third kappa shape index (κ3) is 1.39. The van der Waals surface area contributed by atoms with Crippen molar-refractivity contribution in [3.05, 3.63) is 0 Å². The van der Waals surface area contributed by atoms with Gasteiger partial charge in [-0.3, -0.25) is 0 Å². The maximum absolute atomic E-state index is 9.31. The van der Waals surface area contributed by atoms with E-state index in [1.807, 2.05) is 0 Å². The summed E-state index contributed by atoms with van der Waals surface area (Å²) in [5, 5.41) is 9.31. The van der Waals surface area contributed by atoms with E-state index in [1.54, 1.807) is 0 Å². The molecule has 0 amide bonds. The van der Waals surface area contributed by atoms with Crippen LogP contribution < -0.4 is 5.48 Å². The molecule has 13 heavy (non-hydrogen) atoms. The van der Waals surface area contributed by atoms with Crippen LogP contribution >= 0.6 is 11.6 Å². The topological polar surface area (TPSA) is 32.3 Å². The Labute approximate surface area is 84.6 Å². The Bertz CT molecular complexity index is 183. The third-order valence-electron chi connectivity index (χ3n) is 3.92. The Morgan fingerprint density at radius 1 is 0.923 bits per heavy atom. The lowest BCUT2D eigenvalue weighted by atomic mass is 9.65. The van der Waals surface area contributed by atoms with Crippen molar-refractivity contribution in [1.82, 2.24) is 5.48 Å². The van der Waals surface area contributed by atoms with Gasteiger partial charge >= 0.3 is 0 Å². The normalized spacial score (nSPS) is 45.7. The lowest BCUT2D eigenvalue weighted by Gasteiger charge is -2.52. The van der Waals surface area contributed by atoms with Crippen LogP contribution in [0.3, 0.4) is 0 Å². The zero-order valence-electron chi connectivity index (χ0n) is 7.98. The summed E-state index contributed by atoms with van der Waals surface area (Å²) >= 11 is 6.61. The molecule has 0 saturated heterocycles. The van der Waals surface area contributed by atoms with E-state index in [-0.39, 0.29) is 10.4 Å². The molecule has 0 bridgehead atoms. The minimum atomic E-state index is -0.176. The fraction of sp³-hybridized carbons (Fsp3) is 1.00. The quantitative estimate of drug-likeness (QED) is 0.508. The predicted molar refractivity (Wildman–Crippen MR) is 53.2 cm³/mol. The first-order valence-electron chi connectivity index (χ1n) is 5.33. The molecule has 0 aromatic heterocycles. The molecule has 0 aromatic rings. The molecule has 3 heteroatoms. The first kappa shape index (κ1) is 9.75. The van der Waals surface area contributed by atoms with Gasteiger partial charge in [0.1, 0.15) is 0 Å². The van der Waals surface area contributed by atoms with Gasteiger partial charge in [-0.15, -0.1) is 11.6 Å². The van der Waals surface area contributed by atoms with Crippen molar-refractivity contribution in [3.63, 3.8) is 0 Å². The highest BCUT2D eigenvalue weighted by molar-refractivity contribution is 6.25. The second kappa shape index (κ2) is 3.41. The van der Waals surface area contributed by atoms with Crippen molar-refractivity contribution >= 4 is 11.6 Å². The van der Waals surface area contributed by atoms with Crippen molar-refractivity contribution in [2.45, 2.75) is 61.8 Å². The van der Waals surface area contributed by atoms with Crippen molar-refractivity contribution < 1.29 is 5.21 Å². The number of hydroxylamine groups is 1. The van der Waals surface area contributed by atoms with Crippen LogP contribution in [0, 0.1) is 0 Å². The van der Waals surface area contributed by atoms with Crippen LogP contribution in [-0.4, -0.2) is 15.6 Å². The molecule has 2 aliphatic rings. The molecule has 0 radical (unpaired) electrons. The van der Waals surface area contributed by atoms with Crippen molar-refractivity contribution in [2.75, 3.05) is 0 Å².